The molecular formula is C31H32ClFN4O3. The first-order chi connectivity index (χ1) is 18.9. The van der Waals surface area contributed by atoms with Gasteiger partial charge in [0.15, 0.2) is 0 Å². The van der Waals surface area contributed by atoms with E-state index in [2.05, 4.69) is 16.0 Å². The van der Waals surface area contributed by atoms with Crippen LogP contribution in [-0.2, 0) is 15.0 Å². The van der Waals surface area contributed by atoms with Gasteiger partial charge in [-0.2, -0.15) is 0 Å². The lowest BCUT2D eigenvalue weighted by Crippen LogP contribution is -2.44. The second-order valence-corrected chi connectivity index (χ2v) is 11.8. The third kappa shape index (κ3) is 4.46. The molecule has 5 rings (SSSR count). The summed E-state index contributed by atoms with van der Waals surface area (Å²) in [6.45, 7) is 7.66. The number of methoxy groups -OCH3 is 1. The van der Waals surface area contributed by atoms with Gasteiger partial charge in [-0.3, -0.25) is 9.59 Å². The smallest absolute Gasteiger partial charge is 0.247 e. The summed E-state index contributed by atoms with van der Waals surface area (Å²) in [6, 6.07) is 14.1. The number of hydrogen-bond donors (Lipinski definition) is 4. The molecule has 208 valence electrons. The fourth-order valence-electron chi connectivity index (χ4n) is 5.82. The maximum Gasteiger partial charge on any atom is 0.247 e. The normalized spacial score (nSPS) is 22.7. The van der Waals surface area contributed by atoms with Crippen molar-refractivity contribution in [2.24, 2.45) is 5.41 Å². The van der Waals surface area contributed by atoms with Crippen molar-refractivity contribution in [3.8, 4) is 5.75 Å². The molecule has 1 fully saturated rings. The van der Waals surface area contributed by atoms with Crippen LogP contribution in [0.3, 0.4) is 0 Å². The molecule has 3 aromatic carbocycles. The van der Waals surface area contributed by atoms with Crippen molar-refractivity contribution >= 4 is 40.5 Å². The van der Waals surface area contributed by atoms with Crippen LogP contribution < -0.4 is 26.4 Å². The van der Waals surface area contributed by atoms with Gasteiger partial charge >= 0.3 is 0 Å². The molecule has 0 unspecified atom stereocenters. The third-order valence-electron chi connectivity index (χ3n) is 7.45. The number of nitrogens with one attached hydrogen (secondary N) is 3. The second-order valence-electron chi connectivity index (χ2n) is 11.4. The Labute approximate surface area is 237 Å². The molecule has 5 N–H and O–H groups in total. The fraction of sp³-hybridized carbons (Fsp3) is 0.290. The Hall–Kier alpha value is -4.04. The lowest BCUT2D eigenvalue weighted by molar-refractivity contribution is -0.120. The highest BCUT2D eigenvalue weighted by Crippen LogP contribution is 2.57. The van der Waals surface area contributed by atoms with Gasteiger partial charge < -0.3 is 26.4 Å². The molecule has 1 spiro atoms. The molecule has 2 aliphatic rings. The Balaban J connectivity index is 1.76. The predicted molar refractivity (Wildman–Crippen MR) is 156 cm³/mol. The molecule has 0 radical (unpaired) electrons. The zero-order valence-electron chi connectivity index (χ0n) is 23.0. The van der Waals surface area contributed by atoms with Crippen LogP contribution in [0.15, 0.2) is 66.4 Å². The predicted octanol–water partition coefficient (Wildman–Crippen LogP) is 5.89. The SMILES string of the molecule is COc1cc(N)ccc1NC(=O)[C@@H]1N/C(=C\C(C)(C)C)[C@@]2(C(=O)Nc3cc(Cl)ccc32)[C@H]1c1cccc(C)c1F. The number of allylic oxidation sites excluding steroid dienone is 1. The molecule has 0 saturated carbocycles. The van der Waals surface area contributed by atoms with Gasteiger partial charge in [-0.25, -0.2) is 4.39 Å². The van der Waals surface area contributed by atoms with Crippen LogP contribution in [0, 0.1) is 18.2 Å². The highest BCUT2D eigenvalue weighted by Gasteiger charge is 2.64. The minimum Gasteiger partial charge on any atom is -0.494 e. The molecule has 40 heavy (non-hydrogen) atoms. The van der Waals surface area contributed by atoms with Gasteiger partial charge in [0.1, 0.15) is 23.0 Å². The number of nitrogens with two attached hydrogens (primary N) is 1. The van der Waals surface area contributed by atoms with E-state index >= 15 is 4.39 Å². The van der Waals surface area contributed by atoms with Crippen LogP contribution in [0.2, 0.25) is 5.02 Å². The summed E-state index contributed by atoms with van der Waals surface area (Å²) in [5, 5.41) is 9.68. The standard InChI is InChI=1S/C31H32ClFN4O3/c1-16-7-6-8-19(26(16)33)25-27(28(38)35-21-12-10-18(34)14-23(21)40-5)37-24(15-30(2,3)4)31(25)20-11-9-17(32)13-22(20)36-29(31)39/h6-15,25,27,37H,34H2,1-5H3,(H,35,38)(H,36,39)/b24-15-/t25-,27+,31+/m0/s1. The van der Waals surface area contributed by atoms with Crippen molar-refractivity contribution in [3.05, 3.63) is 93.9 Å². The molecule has 0 bridgehead atoms. The molecule has 2 aliphatic heterocycles. The van der Waals surface area contributed by atoms with Crippen molar-refractivity contribution in [2.45, 2.75) is 45.1 Å². The van der Waals surface area contributed by atoms with Gasteiger partial charge in [-0.1, -0.05) is 62.7 Å². The molecule has 3 aromatic rings. The van der Waals surface area contributed by atoms with Crippen molar-refractivity contribution in [3.63, 3.8) is 0 Å². The summed E-state index contributed by atoms with van der Waals surface area (Å²) in [4.78, 5) is 28.3. The number of anilines is 3. The minimum atomic E-state index is -1.42. The second kappa shape index (κ2) is 9.86. The zero-order valence-corrected chi connectivity index (χ0v) is 23.7. The number of amides is 2. The minimum absolute atomic E-state index is 0.257. The number of carbonyl (C=O) groups excluding carboxylic acids is 2. The quantitative estimate of drug-likeness (QED) is 0.297. The van der Waals surface area contributed by atoms with Crippen molar-refractivity contribution < 1.29 is 18.7 Å². The molecule has 7 nitrogen and oxygen atoms in total. The van der Waals surface area contributed by atoms with E-state index in [1.165, 1.54) is 7.11 Å². The largest absolute Gasteiger partial charge is 0.494 e. The molecule has 0 aromatic heterocycles. The Bertz CT molecular complexity index is 1560. The summed E-state index contributed by atoms with van der Waals surface area (Å²) < 4.78 is 21.4. The van der Waals surface area contributed by atoms with Gasteiger partial charge in [-0.05, 0) is 53.3 Å². The van der Waals surface area contributed by atoms with Crippen molar-refractivity contribution in [1.29, 1.82) is 0 Å². The molecule has 3 atom stereocenters. The number of benzene rings is 3. The summed E-state index contributed by atoms with van der Waals surface area (Å²) in [5.74, 6) is -1.85. The Morgan fingerprint density at radius 2 is 1.93 bits per heavy atom. The van der Waals surface area contributed by atoms with E-state index in [1.807, 2.05) is 26.8 Å². The first-order valence-corrected chi connectivity index (χ1v) is 13.4. The van der Waals surface area contributed by atoms with Crippen LogP contribution in [0.25, 0.3) is 0 Å². The first-order valence-electron chi connectivity index (χ1n) is 13.0. The summed E-state index contributed by atoms with van der Waals surface area (Å²) in [7, 11) is 1.48. The molecule has 0 aliphatic carbocycles. The van der Waals surface area contributed by atoms with E-state index in [-0.39, 0.29) is 16.9 Å². The lowest BCUT2D eigenvalue weighted by atomic mass is 9.65. The number of halogens is 2. The van der Waals surface area contributed by atoms with Gasteiger partial charge in [-0.15, -0.1) is 0 Å². The molecule has 9 heteroatoms. The van der Waals surface area contributed by atoms with Gasteiger partial charge in [0.2, 0.25) is 11.8 Å². The van der Waals surface area contributed by atoms with Crippen LogP contribution in [-0.4, -0.2) is 25.0 Å². The highest BCUT2D eigenvalue weighted by atomic mass is 35.5. The molecule has 2 heterocycles. The third-order valence-corrected chi connectivity index (χ3v) is 7.68. The number of carbonyl (C=O) groups is 2. The summed E-state index contributed by atoms with van der Waals surface area (Å²) in [6.07, 6.45) is 1.94. The molecule has 2 amide bonds. The fourth-order valence-corrected chi connectivity index (χ4v) is 5.99. The molecular weight excluding hydrogens is 531 g/mol. The van der Waals surface area contributed by atoms with E-state index in [9.17, 15) is 9.59 Å². The number of fused-ring (bicyclic) bond motifs is 2. The zero-order chi connectivity index (χ0) is 29.0. The average molecular weight is 563 g/mol. The van der Waals surface area contributed by atoms with Gasteiger partial charge in [0.25, 0.3) is 0 Å². The summed E-state index contributed by atoms with van der Waals surface area (Å²) in [5.41, 5.74) is 7.31. The Kier molecular flexibility index (Phi) is 6.78. The highest BCUT2D eigenvalue weighted by molar-refractivity contribution is 6.31. The Morgan fingerprint density at radius 3 is 2.62 bits per heavy atom. The number of rotatable bonds is 4. The monoisotopic (exact) mass is 562 g/mol. The average Bonchev–Trinajstić information content (AvgIpc) is 3.35. The van der Waals surface area contributed by atoms with Crippen LogP contribution in [0.4, 0.5) is 21.5 Å². The number of aryl methyl sites for hydroxylation is 1. The van der Waals surface area contributed by atoms with Gasteiger partial charge in [0, 0.05) is 34.1 Å². The lowest BCUT2D eigenvalue weighted by Gasteiger charge is -2.33. The summed E-state index contributed by atoms with van der Waals surface area (Å²) >= 11 is 6.29. The number of nitrogen functional groups attached to an aromatic ring is 1. The van der Waals surface area contributed by atoms with E-state index < -0.39 is 29.1 Å². The van der Waals surface area contributed by atoms with E-state index in [4.69, 9.17) is 22.1 Å². The number of ether oxygens (including phenoxy) is 1. The van der Waals surface area contributed by atoms with Crippen LogP contribution in [0.1, 0.15) is 43.4 Å². The van der Waals surface area contributed by atoms with E-state index in [1.54, 1.807) is 61.5 Å². The number of hydrogen-bond acceptors (Lipinski definition) is 5. The van der Waals surface area contributed by atoms with Gasteiger partial charge in [0.05, 0.1) is 12.8 Å². The van der Waals surface area contributed by atoms with E-state index in [0.717, 1.165) is 0 Å². The van der Waals surface area contributed by atoms with Crippen LogP contribution >= 0.6 is 11.6 Å². The Morgan fingerprint density at radius 1 is 1.18 bits per heavy atom. The van der Waals surface area contributed by atoms with Crippen LogP contribution in [0.5, 0.6) is 5.75 Å². The van der Waals surface area contributed by atoms with Crippen molar-refractivity contribution in [2.75, 3.05) is 23.5 Å². The van der Waals surface area contributed by atoms with E-state index in [0.29, 0.717) is 44.7 Å². The topological polar surface area (TPSA) is 105 Å². The first kappa shape index (κ1) is 27.5. The molecule has 1 saturated heterocycles. The van der Waals surface area contributed by atoms with Crippen molar-refractivity contribution in [1.82, 2.24) is 5.32 Å². The maximum atomic E-state index is 16.0. The maximum absolute atomic E-state index is 16.0.